The fourth-order valence-electron chi connectivity index (χ4n) is 4.51. The molecule has 7 nitrogen and oxygen atoms in total. The molecule has 1 aromatic carbocycles. The van der Waals surface area contributed by atoms with Crippen LogP contribution in [0.15, 0.2) is 29.3 Å². The molecule has 7 heteroatoms. The minimum Gasteiger partial charge on any atom is -0.497 e. The molecule has 0 radical (unpaired) electrons. The molecule has 31 heavy (non-hydrogen) atoms. The van der Waals surface area contributed by atoms with Gasteiger partial charge in [-0.1, -0.05) is 25.5 Å². The van der Waals surface area contributed by atoms with Gasteiger partial charge in [0.05, 0.1) is 19.7 Å². The molecule has 0 saturated carbocycles. The number of nitrogens with zero attached hydrogens (tertiary/aromatic N) is 3. The fraction of sp³-hybridized carbons (Fsp3) is 0.667. The molecule has 3 rings (SSSR count). The maximum absolute atomic E-state index is 12.0. The van der Waals surface area contributed by atoms with Crippen molar-refractivity contribution in [1.29, 1.82) is 0 Å². The number of ether oxygens (including phenoxy) is 1. The van der Waals surface area contributed by atoms with Gasteiger partial charge in [-0.2, -0.15) is 0 Å². The molecule has 0 aliphatic carbocycles. The van der Waals surface area contributed by atoms with Crippen molar-refractivity contribution in [2.24, 2.45) is 4.99 Å². The summed E-state index contributed by atoms with van der Waals surface area (Å²) in [5.41, 5.74) is 1.28. The van der Waals surface area contributed by atoms with Crippen molar-refractivity contribution < 1.29 is 9.53 Å². The summed E-state index contributed by atoms with van der Waals surface area (Å²) in [7, 11) is 1.70. The summed E-state index contributed by atoms with van der Waals surface area (Å²) in [6.45, 7) is 9.34. The van der Waals surface area contributed by atoms with E-state index in [-0.39, 0.29) is 18.0 Å². The standard InChI is InChI=1S/C24H39N5O2/c1-4-23(30)29-16-13-20(18-29)27-24(25-5-2)26-17-22(28-14-7-6-8-15-28)19-9-11-21(31-3)12-10-19/h9-12,20,22H,4-8,13-18H2,1-3H3,(H2,25,26,27). The van der Waals surface area contributed by atoms with Crippen molar-refractivity contribution in [3.8, 4) is 5.75 Å². The van der Waals surface area contributed by atoms with Crippen LogP contribution in [0.25, 0.3) is 0 Å². The maximum atomic E-state index is 12.0. The van der Waals surface area contributed by atoms with Gasteiger partial charge in [-0.25, -0.2) is 0 Å². The van der Waals surface area contributed by atoms with Gasteiger partial charge < -0.3 is 20.3 Å². The number of carbonyl (C=O) groups excluding carboxylic acids is 1. The third kappa shape index (κ3) is 6.60. The summed E-state index contributed by atoms with van der Waals surface area (Å²) >= 11 is 0. The van der Waals surface area contributed by atoms with Crippen molar-refractivity contribution in [3.05, 3.63) is 29.8 Å². The number of amides is 1. The summed E-state index contributed by atoms with van der Waals surface area (Å²) in [5.74, 6) is 1.96. The zero-order valence-corrected chi connectivity index (χ0v) is 19.4. The molecular formula is C24H39N5O2. The first kappa shape index (κ1) is 23.4. The molecule has 0 spiro atoms. The summed E-state index contributed by atoms with van der Waals surface area (Å²) in [5, 5.41) is 6.95. The first-order valence-electron chi connectivity index (χ1n) is 11.8. The number of nitrogens with one attached hydrogen (secondary N) is 2. The number of aliphatic imine (C=N–C) groups is 1. The van der Waals surface area contributed by atoms with Crippen LogP contribution in [0.2, 0.25) is 0 Å². The highest BCUT2D eigenvalue weighted by atomic mass is 16.5. The average Bonchev–Trinajstić information content (AvgIpc) is 3.28. The van der Waals surface area contributed by atoms with Crippen LogP contribution in [0, 0.1) is 0 Å². The van der Waals surface area contributed by atoms with E-state index < -0.39 is 0 Å². The number of methoxy groups -OCH3 is 1. The lowest BCUT2D eigenvalue weighted by Gasteiger charge is -2.34. The number of carbonyl (C=O) groups is 1. The highest BCUT2D eigenvalue weighted by Crippen LogP contribution is 2.26. The van der Waals surface area contributed by atoms with E-state index in [0.717, 1.165) is 50.9 Å². The summed E-state index contributed by atoms with van der Waals surface area (Å²) in [6.07, 6.45) is 5.34. The Balaban J connectivity index is 1.70. The van der Waals surface area contributed by atoms with Crippen molar-refractivity contribution >= 4 is 11.9 Å². The van der Waals surface area contributed by atoms with Gasteiger partial charge in [0.15, 0.2) is 5.96 Å². The first-order chi connectivity index (χ1) is 15.1. The maximum Gasteiger partial charge on any atom is 0.222 e. The molecule has 2 heterocycles. The average molecular weight is 430 g/mol. The zero-order chi connectivity index (χ0) is 22.1. The van der Waals surface area contributed by atoms with Gasteiger partial charge >= 0.3 is 0 Å². The summed E-state index contributed by atoms with van der Waals surface area (Å²) in [4.78, 5) is 21.5. The van der Waals surface area contributed by atoms with Crippen molar-refractivity contribution in [2.45, 2.75) is 58.0 Å². The Hall–Kier alpha value is -2.28. The SMILES string of the molecule is CCNC(=NCC(c1ccc(OC)cc1)N1CCCCC1)NC1CCN(C(=O)CC)C1. The lowest BCUT2D eigenvalue weighted by atomic mass is 10.0. The predicted octanol–water partition coefficient (Wildman–Crippen LogP) is 2.79. The molecule has 2 saturated heterocycles. The predicted molar refractivity (Wildman–Crippen MR) is 126 cm³/mol. The smallest absolute Gasteiger partial charge is 0.222 e. The van der Waals surface area contributed by atoms with Crippen molar-refractivity contribution in [1.82, 2.24) is 20.4 Å². The molecule has 172 valence electrons. The Morgan fingerprint density at radius 1 is 1.16 bits per heavy atom. The fourth-order valence-corrected chi connectivity index (χ4v) is 4.51. The Morgan fingerprint density at radius 2 is 1.90 bits per heavy atom. The van der Waals surface area contributed by atoms with Gasteiger partial charge in [-0.3, -0.25) is 14.7 Å². The number of benzene rings is 1. The molecule has 1 amide bonds. The van der Waals surface area contributed by atoms with E-state index in [1.165, 1.54) is 24.8 Å². The molecule has 1 aromatic rings. The molecule has 2 aliphatic heterocycles. The van der Waals surface area contributed by atoms with Crippen molar-refractivity contribution in [2.75, 3.05) is 46.4 Å². The molecule has 0 bridgehead atoms. The highest BCUT2D eigenvalue weighted by Gasteiger charge is 2.26. The molecular weight excluding hydrogens is 390 g/mol. The van der Waals surface area contributed by atoms with E-state index in [1.807, 2.05) is 24.0 Å². The molecule has 2 N–H and O–H groups in total. The minimum absolute atomic E-state index is 0.232. The van der Waals surface area contributed by atoms with Crippen LogP contribution >= 0.6 is 0 Å². The van der Waals surface area contributed by atoms with Crippen LogP contribution in [0.5, 0.6) is 5.75 Å². The van der Waals surface area contributed by atoms with Gasteiger partial charge in [0.1, 0.15) is 5.75 Å². The van der Waals surface area contributed by atoms with E-state index in [2.05, 4.69) is 34.6 Å². The van der Waals surface area contributed by atoms with Gasteiger partial charge in [-0.15, -0.1) is 0 Å². The van der Waals surface area contributed by atoms with Crippen LogP contribution in [-0.4, -0.2) is 74.1 Å². The zero-order valence-electron chi connectivity index (χ0n) is 19.4. The number of likely N-dealkylation sites (tertiary alicyclic amines) is 2. The largest absolute Gasteiger partial charge is 0.497 e. The Morgan fingerprint density at radius 3 is 2.55 bits per heavy atom. The second-order valence-corrected chi connectivity index (χ2v) is 8.43. The van der Waals surface area contributed by atoms with Crippen molar-refractivity contribution in [3.63, 3.8) is 0 Å². The lowest BCUT2D eigenvalue weighted by Crippen LogP contribution is -2.45. The van der Waals surface area contributed by atoms with Gasteiger partial charge in [-0.05, 0) is 57.0 Å². The van der Waals surface area contributed by atoms with E-state index in [0.29, 0.717) is 13.0 Å². The Labute approximate surface area is 187 Å². The van der Waals surface area contributed by atoms with Crippen LogP contribution in [-0.2, 0) is 4.79 Å². The second-order valence-electron chi connectivity index (χ2n) is 8.43. The Bertz CT molecular complexity index is 715. The van der Waals surface area contributed by atoms with Crippen LogP contribution < -0.4 is 15.4 Å². The number of guanidine groups is 1. The number of hydrogen-bond acceptors (Lipinski definition) is 4. The van der Waals surface area contributed by atoms with Crippen LogP contribution in [0.1, 0.15) is 57.6 Å². The van der Waals surface area contributed by atoms with Crippen LogP contribution in [0.4, 0.5) is 0 Å². The molecule has 2 fully saturated rings. The third-order valence-corrected chi connectivity index (χ3v) is 6.28. The minimum atomic E-state index is 0.232. The monoisotopic (exact) mass is 429 g/mol. The number of piperidine rings is 1. The van der Waals surface area contributed by atoms with E-state index in [9.17, 15) is 4.79 Å². The second kappa shape index (κ2) is 11.9. The normalized spacial score (nSPS) is 21.1. The van der Waals surface area contributed by atoms with E-state index in [1.54, 1.807) is 7.11 Å². The summed E-state index contributed by atoms with van der Waals surface area (Å²) in [6, 6.07) is 8.92. The molecule has 0 aromatic heterocycles. The van der Waals surface area contributed by atoms with Gasteiger partial charge in [0, 0.05) is 32.1 Å². The molecule has 2 atom stereocenters. The first-order valence-corrected chi connectivity index (χ1v) is 11.8. The van der Waals surface area contributed by atoms with E-state index in [4.69, 9.17) is 9.73 Å². The lowest BCUT2D eigenvalue weighted by molar-refractivity contribution is -0.129. The Kier molecular flexibility index (Phi) is 9.00. The third-order valence-electron chi connectivity index (χ3n) is 6.28. The van der Waals surface area contributed by atoms with E-state index >= 15 is 0 Å². The quantitative estimate of drug-likeness (QED) is 0.491. The number of rotatable bonds is 8. The van der Waals surface area contributed by atoms with Crippen LogP contribution in [0.3, 0.4) is 0 Å². The summed E-state index contributed by atoms with van der Waals surface area (Å²) < 4.78 is 5.34. The molecule has 2 aliphatic rings. The highest BCUT2D eigenvalue weighted by molar-refractivity contribution is 5.80. The number of hydrogen-bond donors (Lipinski definition) is 2. The van der Waals surface area contributed by atoms with Gasteiger partial charge in [0.25, 0.3) is 0 Å². The topological polar surface area (TPSA) is 69.2 Å². The molecule has 2 unspecified atom stereocenters. The van der Waals surface area contributed by atoms with Gasteiger partial charge in [0.2, 0.25) is 5.91 Å².